The zero-order valence-corrected chi connectivity index (χ0v) is 26.0. The summed E-state index contributed by atoms with van der Waals surface area (Å²) in [6.45, 7) is 7.98. The first-order valence-corrected chi connectivity index (χ1v) is 15.5. The molecule has 46 heavy (non-hydrogen) atoms. The summed E-state index contributed by atoms with van der Waals surface area (Å²) < 4.78 is 92.9. The van der Waals surface area contributed by atoms with E-state index < -0.39 is 52.0 Å². The maximum atomic E-state index is 16.8. The van der Waals surface area contributed by atoms with E-state index in [-0.39, 0.29) is 52.9 Å². The molecule has 2 aromatic heterocycles. The predicted octanol–water partition coefficient (Wildman–Crippen LogP) is 4.32. The number of benzene rings is 1. The fraction of sp³-hybridized carbons (Fsp3) is 0.581. The number of piperazine rings is 1. The van der Waals surface area contributed by atoms with Gasteiger partial charge in [-0.3, -0.25) is 0 Å². The Morgan fingerprint density at radius 1 is 1.20 bits per heavy atom. The number of aromatic nitrogens is 3. The third-order valence-electron chi connectivity index (χ3n) is 10.2. The Hall–Kier alpha value is -3.56. The molecule has 1 unspecified atom stereocenters. The van der Waals surface area contributed by atoms with E-state index in [1.807, 2.05) is 25.8 Å². The minimum absolute atomic E-state index is 0.0975. The van der Waals surface area contributed by atoms with Crippen LogP contribution in [-0.2, 0) is 10.9 Å². The molecule has 7 rings (SSSR count). The van der Waals surface area contributed by atoms with Crippen molar-refractivity contribution < 1.29 is 36.2 Å². The van der Waals surface area contributed by atoms with Gasteiger partial charge in [0, 0.05) is 36.2 Å². The Kier molecular flexibility index (Phi) is 7.44. The molecule has 5 atom stereocenters. The van der Waals surface area contributed by atoms with E-state index in [0.717, 1.165) is 32.4 Å². The molecule has 0 radical (unpaired) electrons. The maximum Gasteiger partial charge on any atom is 0.417 e. The number of pyridine rings is 1. The number of fused-ring (bicyclic) bond motifs is 3. The first-order valence-electron chi connectivity index (χ1n) is 15.5. The lowest BCUT2D eigenvalue weighted by molar-refractivity contribution is -0.137. The Labute approximate surface area is 262 Å². The first kappa shape index (κ1) is 31.1. The molecule has 6 heterocycles. The first-order chi connectivity index (χ1) is 21.8. The number of rotatable bonds is 5. The second-order valence-electron chi connectivity index (χ2n) is 12.9. The Balaban J connectivity index is 1.44. The number of nitrogen functional groups attached to an aromatic ring is 1. The van der Waals surface area contributed by atoms with Gasteiger partial charge < -0.3 is 35.1 Å². The van der Waals surface area contributed by atoms with Gasteiger partial charge in [-0.05, 0) is 51.9 Å². The highest BCUT2D eigenvalue weighted by atomic mass is 19.4. The largest absolute Gasteiger partial charge is 0.472 e. The van der Waals surface area contributed by atoms with E-state index in [9.17, 15) is 17.6 Å². The average Bonchev–Trinajstić information content (AvgIpc) is 3.55. The van der Waals surface area contributed by atoms with Gasteiger partial charge in [0.25, 0.3) is 0 Å². The summed E-state index contributed by atoms with van der Waals surface area (Å²) in [6, 6.07) is 0.603. The van der Waals surface area contributed by atoms with Gasteiger partial charge in [0.1, 0.15) is 40.9 Å². The van der Waals surface area contributed by atoms with E-state index in [1.54, 1.807) is 0 Å². The molecule has 248 valence electrons. The quantitative estimate of drug-likeness (QED) is 0.307. The van der Waals surface area contributed by atoms with Crippen LogP contribution in [0.1, 0.15) is 37.8 Å². The Bertz CT molecular complexity index is 1710. The van der Waals surface area contributed by atoms with Crippen LogP contribution in [0.25, 0.3) is 22.2 Å². The third-order valence-corrected chi connectivity index (χ3v) is 10.2. The van der Waals surface area contributed by atoms with E-state index in [1.165, 1.54) is 0 Å². The molecule has 15 heteroatoms. The highest BCUT2D eigenvalue weighted by Crippen LogP contribution is 2.47. The third kappa shape index (κ3) is 4.80. The van der Waals surface area contributed by atoms with Gasteiger partial charge in [-0.25, -0.2) is 13.8 Å². The van der Waals surface area contributed by atoms with Gasteiger partial charge >= 0.3 is 12.2 Å². The van der Waals surface area contributed by atoms with Crippen LogP contribution in [-0.4, -0.2) is 90.6 Å². The summed E-state index contributed by atoms with van der Waals surface area (Å²) in [5, 5.41) is 3.62. The van der Waals surface area contributed by atoms with E-state index >= 15 is 4.39 Å². The lowest BCUT2D eigenvalue weighted by atomic mass is 9.84. The summed E-state index contributed by atoms with van der Waals surface area (Å²) in [4.78, 5) is 17.8. The van der Waals surface area contributed by atoms with Crippen LogP contribution in [0.2, 0.25) is 0 Å². The summed E-state index contributed by atoms with van der Waals surface area (Å²) in [5.74, 6) is -2.19. The number of hydrogen-bond acceptors (Lipinski definition) is 10. The van der Waals surface area contributed by atoms with Gasteiger partial charge in [-0.15, -0.1) is 0 Å². The van der Waals surface area contributed by atoms with E-state index in [0.29, 0.717) is 32.1 Å². The van der Waals surface area contributed by atoms with Crippen molar-refractivity contribution in [2.75, 3.05) is 57.1 Å². The Morgan fingerprint density at radius 2 is 1.98 bits per heavy atom. The number of anilines is 2. The van der Waals surface area contributed by atoms with Gasteiger partial charge in [0.15, 0.2) is 5.82 Å². The molecule has 4 aliphatic rings. The van der Waals surface area contributed by atoms with Crippen molar-refractivity contribution in [3.8, 4) is 23.1 Å². The van der Waals surface area contributed by atoms with Crippen molar-refractivity contribution in [3.05, 3.63) is 28.8 Å². The highest BCUT2D eigenvalue weighted by molar-refractivity contribution is 5.97. The van der Waals surface area contributed by atoms with Crippen molar-refractivity contribution in [1.82, 2.24) is 25.2 Å². The number of nitrogens with one attached hydrogen (secondary N) is 1. The molecule has 0 aliphatic carbocycles. The van der Waals surface area contributed by atoms with Gasteiger partial charge in [0.2, 0.25) is 5.88 Å². The number of likely N-dealkylation sites (N-methyl/N-ethyl adjacent to an activating group) is 1. The average molecular weight is 650 g/mol. The fourth-order valence-electron chi connectivity index (χ4n) is 7.49. The smallest absolute Gasteiger partial charge is 0.417 e. The van der Waals surface area contributed by atoms with Crippen molar-refractivity contribution in [3.63, 3.8) is 0 Å². The van der Waals surface area contributed by atoms with Crippen LogP contribution in [0.5, 0.6) is 11.9 Å². The van der Waals surface area contributed by atoms with Crippen LogP contribution in [0.4, 0.5) is 33.5 Å². The van der Waals surface area contributed by atoms with Crippen LogP contribution in [0.3, 0.4) is 0 Å². The molecule has 0 amide bonds. The number of nitrogens with two attached hydrogens (primary N) is 1. The molecule has 10 nitrogen and oxygen atoms in total. The SMILES string of the molecule is CC[C@@H]1CN2c3nc(OC[C@@]45CCN(C)C4COC5)nc4c(F)c(-c5cc(N)c(F)c(C)c5C(F)(F)F)nc(c34)O[C@@H](C)[C@@H]2CN1. The second kappa shape index (κ2) is 11.0. The zero-order valence-electron chi connectivity index (χ0n) is 26.0. The number of alkyl halides is 3. The highest BCUT2D eigenvalue weighted by Gasteiger charge is 2.51. The number of likely N-dealkylation sites (tertiary alicyclic amines) is 1. The minimum Gasteiger partial charge on any atom is -0.472 e. The van der Waals surface area contributed by atoms with E-state index in [2.05, 4.69) is 20.2 Å². The molecule has 0 saturated carbocycles. The number of hydrogen-bond donors (Lipinski definition) is 2. The molecule has 3 saturated heterocycles. The second-order valence-corrected chi connectivity index (χ2v) is 12.9. The Morgan fingerprint density at radius 3 is 2.72 bits per heavy atom. The van der Waals surface area contributed by atoms with E-state index in [4.69, 9.17) is 24.9 Å². The fourth-order valence-corrected chi connectivity index (χ4v) is 7.49. The van der Waals surface area contributed by atoms with Crippen LogP contribution < -0.4 is 25.4 Å². The molecule has 3 N–H and O–H groups in total. The molecular weight excluding hydrogens is 613 g/mol. The van der Waals surface area contributed by atoms with Gasteiger partial charge in [0.05, 0.1) is 30.5 Å². The summed E-state index contributed by atoms with van der Waals surface area (Å²) in [5.41, 5.74) is 1.01. The molecule has 3 aromatic rings. The summed E-state index contributed by atoms with van der Waals surface area (Å²) in [7, 11) is 2.03. The molecule has 0 spiro atoms. The van der Waals surface area contributed by atoms with Gasteiger partial charge in [-0.1, -0.05) is 6.92 Å². The predicted molar refractivity (Wildman–Crippen MR) is 160 cm³/mol. The zero-order chi connectivity index (χ0) is 32.7. The number of ether oxygens (including phenoxy) is 3. The standard InChI is InChI=1S/C31H36F5N7O3/c1-5-16-10-43-19(9-38-16)15(3)46-28-21-26(24(33)25(39-28)17-8-18(37)23(32)14(2)22(17)31(34,35)36)40-29(41-27(21)43)45-13-30-6-7-42(4)20(30)11-44-12-30/h8,15-16,19-20,38H,5-7,9-13,37H2,1-4H3/t15-,16+,19-,20?,30-/m0/s1. The monoisotopic (exact) mass is 649 g/mol. The maximum absolute atomic E-state index is 16.8. The van der Waals surface area contributed by atoms with Crippen LogP contribution >= 0.6 is 0 Å². The van der Waals surface area contributed by atoms with Gasteiger partial charge in [-0.2, -0.15) is 23.1 Å². The summed E-state index contributed by atoms with van der Waals surface area (Å²) >= 11 is 0. The lowest BCUT2D eigenvalue weighted by Gasteiger charge is -2.42. The van der Waals surface area contributed by atoms with Crippen molar-refractivity contribution >= 4 is 22.4 Å². The lowest BCUT2D eigenvalue weighted by Crippen LogP contribution is -2.60. The topological polar surface area (TPSA) is 111 Å². The van der Waals surface area contributed by atoms with Crippen LogP contribution in [0, 0.1) is 24.0 Å². The van der Waals surface area contributed by atoms with Crippen molar-refractivity contribution in [1.29, 1.82) is 0 Å². The summed E-state index contributed by atoms with van der Waals surface area (Å²) in [6.07, 6.45) is -3.92. The number of halogens is 5. The molecule has 1 aromatic carbocycles. The molecular formula is C31H36F5N7O3. The molecule has 0 bridgehead atoms. The van der Waals surface area contributed by atoms with Crippen molar-refractivity contribution in [2.45, 2.75) is 64.0 Å². The molecule has 3 fully saturated rings. The van der Waals surface area contributed by atoms with Crippen molar-refractivity contribution in [2.24, 2.45) is 5.41 Å². The normalized spacial score (nSPS) is 27.8. The molecule has 4 aliphatic heterocycles. The minimum atomic E-state index is -5.04. The van der Waals surface area contributed by atoms with Crippen LogP contribution in [0.15, 0.2) is 6.07 Å². The number of nitrogens with zero attached hydrogens (tertiary/aromatic N) is 5.